The Balaban J connectivity index is 1.91. The summed E-state index contributed by atoms with van der Waals surface area (Å²) in [7, 11) is 0. The molecule has 0 amide bonds. The van der Waals surface area contributed by atoms with Gasteiger partial charge in [0.05, 0.1) is 12.0 Å². The lowest BCUT2D eigenvalue weighted by molar-refractivity contribution is -0.201. The van der Waals surface area contributed by atoms with Crippen LogP contribution in [0.4, 0.5) is 0 Å². The molecule has 2 unspecified atom stereocenters. The van der Waals surface area contributed by atoms with E-state index in [1.807, 2.05) is 6.92 Å². The number of rotatable bonds is 3. The van der Waals surface area contributed by atoms with E-state index in [2.05, 4.69) is 13.8 Å². The van der Waals surface area contributed by atoms with E-state index in [0.717, 1.165) is 6.42 Å². The first-order valence-corrected chi connectivity index (χ1v) is 11.2. The fourth-order valence-corrected chi connectivity index (χ4v) is 6.91. The summed E-state index contributed by atoms with van der Waals surface area (Å²) in [5, 5.41) is 33.7. The van der Waals surface area contributed by atoms with E-state index in [0.29, 0.717) is 17.1 Å². The van der Waals surface area contributed by atoms with E-state index in [1.54, 1.807) is 39.0 Å². The Morgan fingerprint density at radius 2 is 2.00 bits per heavy atom. The Hall–Kier alpha value is -1.76. The second-order valence-electron chi connectivity index (χ2n) is 10.6. The number of carbonyl (C=O) groups is 2. The predicted molar refractivity (Wildman–Crippen MR) is 115 cm³/mol. The van der Waals surface area contributed by atoms with Crippen molar-refractivity contribution in [3.63, 3.8) is 0 Å². The molecule has 3 N–H and O–H groups in total. The molecule has 0 saturated heterocycles. The van der Waals surface area contributed by atoms with E-state index in [-0.39, 0.29) is 28.6 Å². The van der Waals surface area contributed by atoms with Gasteiger partial charge in [-0.1, -0.05) is 39.0 Å². The zero-order valence-corrected chi connectivity index (χ0v) is 19.2. The second kappa shape index (κ2) is 6.87. The number of ether oxygens (including phenoxy) is 1. The lowest BCUT2D eigenvalue weighted by atomic mass is 9.59. The van der Waals surface area contributed by atoms with Gasteiger partial charge in [0.15, 0.2) is 17.5 Å². The Bertz CT molecular complexity index is 926. The molecular weight excluding hydrogens is 396 g/mol. The van der Waals surface area contributed by atoms with E-state index in [9.17, 15) is 24.9 Å². The lowest BCUT2D eigenvalue weighted by Gasteiger charge is -2.48. The van der Waals surface area contributed by atoms with Crippen LogP contribution < -0.4 is 0 Å². The van der Waals surface area contributed by atoms with E-state index < -0.39 is 41.7 Å². The molecule has 0 heterocycles. The van der Waals surface area contributed by atoms with Crippen LogP contribution in [0.15, 0.2) is 34.9 Å². The lowest BCUT2D eigenvalue weighted by Crippen LogP contribution is -2.65. The van der Waals surface area contributed by atoms with Crippen molar-refractivity contribution in [1.29, 1.82) is 0 Å². The molecule has 4 rings (SSSR count). The molecule has 6 heteroatoms. The van der Waals surface area contributed by atoms with Gasteiger partial charge < -0.3 is 20.1 Å². The maximum absolute atomic E-state index is 14.2. The molecule has 4 aliphatic rings. The molecule has 1 spiro atoms. The van der Waals surface area contributed by atoms with Crippen molar-refractivity contribution in [2.24, 2.45) is 34.5 Å². The molecule has 31 heavy (non-hydrogen) atoms. The van der Waals surface area contributed by atoms with Gasteiger partial charge in [-0.25, -0.2) is 4.79 Å². The summed E-state index contributed by atoms with van der Waals surface area (Å²) in [5.41, 5.74) is -2.36. The molecule has 170 valence electrons. The van der Waals surface area contributed by atoms with Gasteiger partial charge in [0.1, 0.15) is 6.10 Å². The van der Waals surface area contributed by atoms with Gasteiger partial charge in [-0.2, -0.15) is 0 Å². The summed E-state index contributed by atoms with van der Waals surface area (Å²) in [6.45, 7) is 10.8. The first kappa shape index (κ1) is 22.4. The number of Topliss-reactive ketones (excluding diaryl/α,β-unsaturated/α-hetero) is 1. The van der Waals surface area contributed by atoms with Gasteiger partial charge >= 0.3 is 5.97 Å². The molecule has 0 aliphatic heterocycles. The summed E-state index contributed by atoms with van der Waals surface area (Å²) >= 11 is 0. The molecule has 0 aromatic rings. The number of hydrogen-bond donors (Lipinski definition) is 3. The van der Waals surface area contributed by atoms with E-state index >= 15 is 0 Å². The van der Waals surface area contributed by atoms with Crippen molar-refractivity contribution in [1.82, 2.24) is 0 Å². The van der Waals surface area contributed by atoms with Crippen molar-refractivity contribution in [2.75, 3.05) is 6.61 Å². The van der Waals surface area contributed by atoms with Gasteiger partial charge in [-0.15, -0.1) is 0 Å². The van der Waals surface area contributed by atoms with Crippen molar-refractivity contribution < 1.29 is 29.6 Å². The number of allylic oxidation sites excluding steroid dienone is 2. The van der Waals surface area contributed by atoms with Gasteiger partial charge in [0.25, 0.3) is 0 Å². The zero-order valence-electron chi connectivity index (χ0n) is 19.2. The van der Waals surface area contributed by atoms with Gasteiger partial charge in [-0.3, -0.25) is 4.79 Å². The minimum absolute atomic E-state index is 0.0209. The maximum Gasteiger partial charge on any atom is 0.334 e. The standard InChI is InChI=1S/C25H34O6/c1-7-12(2)22(29)31-21-13(3)10-24-14(4)8-17-18(23(17,5)6)16(20(24)28)9-15(11-26)19(27)25(21,24)30/h7,9-10,14,16-19,21,26-27,30H,8,11H2,1-6H3/b12-7-/t14-,16?,17-,18+,19-,21+,24?,25+/m1/s1. The quantitative estimate of drug-likeness (QED) is 0.361. The zero-order chi connectivity index (χ0) is 23.1. The highest BCUT2D eigenvalue weighted by molar-refractivity contribution is 5.96. The maximum atomic E-state index is 14.2. The van der Waals surface area contributed by atoms with Crippen LogP contribution in [0.1, 0.15) is 48.0 Å². The Labute approximate surface area is 183 Å². The SMILES string of the molecule is C/C=C(/C)C(=O)O[C@H]1C(C)=CC23C(=O)C(C=C(CO)[C@@H](O)[C@]12O)[C@H]1[C@@H](C[C@H]3C)C1(C)C. The Kier molecular flexibility index (Phi) is 4.97. The van der Waals surface area contributed by atoms with Crippen LogP contribution >= 0.6 is 0 Å². The number of esters is 1. The molecule has 2 bridgehead atoms. The summed E-state index contributed by atoms with van der Waals surface area (Å²) in [5.74, 6) is -1.13. The van der Waals surface area contributed by atoms with Crippen molar-refractivity contribution >= 4 is 11.8 Å². The van der Waals surface area contributed by atoms with E-state index in [4.69, 9.17) is 4.74 Å². The molecule has 2 fully saturated rings. The smallest absolute Gasteiger partial charge is 0.334 e. The molecule has 4 aliphatic carbocycles. The molecule has 2 saturated carbocycles. The number of aliphatic hydroxyl groups excluding tert-OH is 2. The van der Waals surface area contributed by atoms with Crippen LogP contribution in [0.2, 0.25) is 0 Å². The number of aliphatic hydroxyl groups is 3. The van der Waals surface area contributed by atoms with Crippen LogP contribution in [0.5, 0.6) is 0 Å². The van der Waals surface area contributed by atoms with Crippen LogP contribution in [0.3, 0.4) is 0 Å². The molecule has 0 radical (unpaired) electrons. The summed E-state index contributed by atoms with van der Waals surface area (Å²) in [6.07, 6.45) is 3.04. The Morgan fingerprint density at radius 3 is 2.58 bits per heavy atom. The van der Waals surface area contributed by atoms with Crippen molar-refractivity contribution in [3.05, 3.63) is 34.9 Å². The third-order valence-electron chi connectivity index (χ3n) is 8.88. The van der Waals surface area contributed by atoms with E-state index in [1.165, 1.54) is 0 Å². The Morgan fingerprint density at radius 1 is 1.35 bits per heavy atom. The van der Waals surface area contributed by atoms with Crippen LogP contribution in [0.25, 0.3) is 0 Å². The highest BCUT2D eigenvalue weighted by Gasteiger charge is 2.76. The molecule has 8 atom stereocenters. The number of carbonyl (C=O) groups excluding carboxylic acids is 2. The normalized spacial score (nSPS) is 45.6. The molecule has 0 aromatic carbocycles. The third kappa shape index (κ3) is 2.61. The van der Waals surface area contributed by atoms with Crippen LogP contribution in [-0.2, 0) is 14.3 Å². The molecular formula is C25H34O6. The predicted octanol–water partition coefficient (Wildman–Crippen LogP) is 2.33. The highest BCUT2D eigenvalue weighted by atomic mass is 16.6. The minimum Gasteiger partial charge on any atom is -0.451 e. The van der Waals surface area contributed by atoms with Gasteiger partial charge in [0, 0.05) is 11.5 Å². The first-order valence-electron chi connectivity index (χ1n) is 11.2. The van der Waals surface area contributed by atoms with Crippen LogP contribution in [-0.4, -0.2) is 51.5 Å². The van der Waals surface area contributed by atoms with Gasteiger partial charge in [0.2, 0.25) is 0 Å². The number of fused-ring (bicyclic) bond motifs is 3. The molecule has 6 nitrogen and oxygen atoms in total. The largest absolute Gasteiger partial charge is 0.451 e. The first-order chi connectivity index (χ1) is 14.4. The summed E-state index contributed by atoms with van der Waals surface area (Å²) < 4.78 is 5.72. The van der Waals surface area contributed by atoms with Gasteiger partial charge in [-0.05, 0) is 61.5 Å². The van der Waals surface area contributed by atoms with Crippen molar-refractivity contribution in [2.45, 2.75) is 65.8 Å². The topological polar surface area (TPSA) is 104 Å². The number of hydrogen-bond acceptors (Lipinski definition) is 6. The second-order valence-corrected chi connectivity index (χ2v) is 10.6. The van der Waals surface area contributed by atoms with Crippen molar-refractivity contribution in [3.8, 4) is 0 Å². The average Bonchev–Trinajstić information content (AvgIpc) is 3.21. The third-order valence-corrected chi connectivity index (χ3v) is 8.88. The minimum atomic E-state index is -2.08. The fraction of sp³-hybridized carbons (Fsp3) is 0.680. The highest BCUT2D eigenvalue weighted by Crippen LogP contribution is 2.71. The monoisotopic (exact) mass is 430 g/mol. The fourth-order valence-electron chi connectivity index (χ4n) is 6.91. The molecule has 0 aromatic heterocycles. The number of ketones is 1. The van der Waals surface area contributed by atoms with Crippen LogP contribution in [0, 0.1) is 34.5 Å². The summed E-state index contributed by atoms with van der Waals surface area (Å²) in [4.78, 5) is 26.8. The summed E-state index contributed by atoms with van der Waals surface area (Å²) in [6, 6.07) is 0. The average molecular weight is 431 g/mol.